The number of ether oxygens (including phenoxy) is 9. The zero-order valence-electron chi connectivity index (χ0n) is 52.6. The van der Waals surface area contributed by atoms with E-state index in [2.05, 4.69) is 157 Å². The summed E-state index contributed by atoms with van der Waals surface area (Å²) in [4.78, 5) is 104. The van der Waals surface area contributed by atoms with Crippen molar-refractivity contribution in [1.82, 2.24) is 24.9 Å². The van der Waals surface area contributed by atoms with Crippen LogP contribution in [0.1, 0.15) is 83.0 Å². The summed E-state index contributed by atoms with van der Waals surface area (Å²) < 4.78 is 51.3. The summed E-state index contributed by atoms with van der Waals surface area (Å²) in [5.74, 6) is 0.626. The second kappa shape index (κ2) is 36.1. The zero-order valence-corrected chi connectivity index (χ0v) is 70.8. The van der Waals surface area contributed by atoms with Crippen molar-refractivity contribution in [3.05, 3.63) is 173 Å². The topological polar surface area (TPSA) is 334 Å². The smallest absolute Gasteiger partial charge is 0.367 e. The number of ketones is 1. The normalized spacial score (nSPS) is 13.8. The summed E-state index contributed by atoms with van der Waals surface area (Å²) in [5.41, 5.74) is 7.66. The molecule has 0 amide bonds. The van der Waals surface area contributed by atoms with Gasteiger partial charge in [-0.25, -0.2) is 48.9 Å². The van der Waals surface area contributed by atoms with Crippen LogP contribution in [0.2, 0.25) is 0 Å². The van der Waals surface area contributed by atoms with E-state index in [1.165, 1.54) is 73.8 Å². The standard InChI is InChI=1S/C13H8Br3NO3S.C13H9Br2NO3S.C13H8BrNO4S.C13H10BrNO3S.C12H8BrNO3S.Ag.HNO3/c1-19-12(18)11-17-9-7-4-6(14)2-3-8(7)20-5-13(15,16)10(9)21-11;1-18-13(17)12-16-10-7-4-6(14)2-3-9(7)19-5-8(15)11(10)20-12;1-18-13(17)12-15-10-7-4-6(14)2-3-9(7)19-5-8(16)11(10)20-12;1-17-13(16)12-15-11-8-6-7(14)2-3-9(8)18-5-4-10(11)19-12;13-6-1-2-8-7(5-6)10-9(3-4-17-8)18-11(14-10)12(15)16;;2-1(3)4/h2-4H,5H2,1H3;2-4,8H,5H2,1H3;2-4H,5H2,1H3;2-3,6H,4-5H2,1H3;1-2,5H,3-4H2,(H,15,16);;(H,2,3,4). The van der Waals surface area contributed by atoms with E-state index in [-0.39, 0.29) is 49.6 Å². The Hall–Kier alpha value is -5.95. The number of carbonyl (C=O) groups excluding carboxylic acids is 5. The van der Waals surface area contributed by atoms with Gasteiger partial charge in [0.15, 0.2) is 9.84 Å². The summed E-state index contributed by atoms with van der Waals surface area (Å²) in [6.07, 6.45) is 1.43. The molecule has 5 aliphatic rings. The summed E-state index contributed by atoms with van der Waals surface area (Å²) in [7, 11) is 5.35. The molecule has 0 saturated heterocycles. The third-order valence-electron chi connectivity index (χ3n) is 14.1. The van der Waals surface area contributed by atoms with Crippen LogP contribution in [0.4, 0.5) is 0 Å². The Morgan fingerprint density at radius 2 is 0.864 bits per heavy atom. The monoisotopic (exact) mass is 2100 g/mol. The molecule has 103 heavy (non-hydrogen) atoms. The van der Waals surface area contributed by atoms with Gasteiger partial charge in [-0.1, -0.05) is 127 Å². The Morgan fingerprint density at radius 1 is 0.515 bits per heavy atom. The van der Waals surface area contributed by atoms with Gasteiger partial charge in [0, 0.05) is 95.2 Å². The maximum atomic E-state index is 12.1. The molecule has 10 heterocycles. The van der Waals surface area contributed by atoms with Crippen molar-refractivity contribution in [2.24, 2.45) is 0 Å². The van der Waals surface area contributed by atoms with Crippen molar-refractivity contribution in [1.29, 1.82) is 0 Å². The summed E-state index contributed by atoms with van der Waals surface area (Å²) in [6, 6.07) is 28.3. The first-order valence-electron chi connectivity index (χ1n) is 28.8. The van der Waals surface area contributed by atoms with Gasteiger partial charge >= 0.3 is 29.8 Å². The Kier molecular flexibility index (Phi) is 28.4. The maximum Gasteiger partial charge on any atom is 0.367 e. The van der Waals surface area contributed by atoms with Crippen LogP contribution in [0.3, 0.4) is 0 Å². The van der Waals surface area contributed by atoms with Crippen molar-refractivity contribution < 1.29 is 109 Å². The second-order valence-electron chi connectivity index (χ2n) is 20.6. The van der Waals surface area contributed by atoms with Gasteiger partial charge in [-0.05, 0) is 91.0 Å². The quantitative estimate of drug-likeness (QED) is 0.0404. The van der Waals surface area contributed by atoms with Gasteiger partial charge in [0.1, 0.15) is 46.8 Å². The predicted molar refractivity (Wildman–Crippen MR) is 408 cm³/mol. The van der Waals surface area contributed by atoms with Gasteiger partial charge in [-0.3, -0.25) is 4.79 Å². The number of fused-ring (bicyclic) bond motifs is 15. The summed E-state index contributed by atoms with van der Waals surface area (Å²) in [5, 5.41) is 24.0. The number of esters is 4. The first kappa shape index (κ1) is 81.1. The molecule has 0 spiro atoms. The number of benzene rings is 5. The number of nitrogens with zero attached hydrogens (tertiary/aromatic N) is 6. The molecule has 0 bridgehead atoms. The van der Waals surface area contributed by atoms with Crippen LogP contribution >= 0.6 is 184 Å². The molecule has 0 fully saturated rings. The molecule has 39 heteroatoms. The molecule has 1 radical (unpaired) electrons. The number of halogens is 8. The average Bonchev–Trinajstić information content (AvgIpc) is 1.59. The SMILES string of the molecule is COC(=O)c1nc2c(s1)C(=O)COc1ccc(Br)cc1-2.COC(=O)c1nc2c(s1)C(Br)(Br)COc1ccc(Br)cc1-2.COC(=O)c1nc2c(s1)C(Br)COc1ccc(Br)cc1-2.COC(=O)c1nc2c(s1)CCOc1ccc(Br)cc1-2.O=C(O)c1nc2c(s1)CCOc1ccc(Br)cc1-2.O=[N+]([O-])O.[Ag]. The van der Waals surface area contributed by atoms with Crippen molar-refractivity contribution in [2.75, 3.05) is 61.5 Å². The number of carboxylic acid groups (broad SMARTS) is 1. The number of methoxy groups -OCH3 is 4. The molecule has 541 valence electrons. The van der Waals surface area contributed by atoms with E-state index < -0.39 is 38.2 Å². The number of aromatic carboxylic acids is 1. The first-order chi connectivity index (χ1) is 48.7. The predicted octanol–water partition coefficient (Wildman–Crippen LogP) is 18.0. The van der Waals surface area contributed by atoms with Gasteiger partial charge in [0.25, 0.3) is 5.09 Å². The van der Waals surface area contributed by atoms with Crippen LogP contribution < -0.4 is 23.7 Å². The minimum atomic E-state index is -1.50. The van der Waals surface area contributed by atoms with Crippen molar-refractivity contribution >= 4 is 220 Å². The van der Waals surface area contributed by atoms with Gasteiger partial charge in [0.2, 0.25) is 30.8 Å². The fourth-order valence-corrected chi connectivity index (χ4v) is 17.9. The molecular weight excluding hydrogens is 2060 g/mol. The Morgan fingerprint density at radius 3 is 1.33 bits per heavy atom. The molecule has 1 atom stereocenters. The van der Waals surface area contributed by atoms with E-state index in [1.54, 1.807) is 6.07 Å². The fraction of sp³-hybridized carbons (Fsp3) is 0.203. The Bertz CT molecular complexity index is 4930. The maximum absolute atomic E-state index is 12.1. The molecular formula is C64H44AgBr8N6O19S5. The molecule has 15 rings (SSSR count). The molecule has 1 unspecified atom stereocenters. The summed E-state index contributed by atoms with van der Waals surface area (Å²) >= 11 is 34.1. The van der Waals surface area contributed by atoms with Crippen LogP contribution in [0.5, 0.6) is 28.7 Å². The Labute approximate surface area is 686 Å². The molecule has 5 aromatic heterocycles. The van der Waals surface area contributed by atoms with Gasteiger partial charge in [0.05, 0.1) is 84.7 Å². The van der Waals surface area contributed by atoms with E-state index in [0.717, 1.165) is 122 Å². The van der Waals surface area contributed by atoms with Crippen LogP contribution in [-0.4, -0.2) is 137 Å². The van der Waals surface area contributed by atoms with E-state index in [1.807, 2.05) is 84.9 Å². The zero-order chi connectivity index (χ0) is 73.4. The number of carboxylic acids is 1. The molecule has 5 aromatic carbocycles. The van der Waals surface area contributed by atoms with Crippen molar-refractivity contribution in [3.8, 4) is 85.0 Å². The van der Waals surface area contributed by atoms with Crippen LogP contribution in [0.15, 0.2) is 113 Å². The second-order valence-corrected chi connectivity index (χ2v) is 35.3. The number of hydrogen-bond acceptors (Lipinski definition) is 27. The molecule has 10 aromatic rings. The largest absolute Gasteiger partial charge is 0.493 e. The van der Waals surface area contributed by atoms with Gasteiger partial charge in [-0.15, -0.1) is 66.8 Å². The number of aromatic nitrogens is 5. The number of hydrogen-bond donors (Lipinski definition) is 2. The average molecular weight is 2110 g/mol. The number of carbonyl (C=O) groups is 6. The molecule has 5 aliphatic heterocycles. The van der Waals surface area contributed by atoms with Crippen molar-refractivity contribution in [2.45, 2.75) is 20.9 Å². The van der Waals surface area contributed by atoms with E-state index in [4.69, 9.17) is 58.3 Å². The van der Waals surface area contributed by atoms with E-state index in [0.29, 0.717) is 75.4 Å². The number of thiazole rings is 5. The van der Waals surface area contributed by atoms with Crippen LogP contribution in [0.25, 0.3) is 56.3 Å². The van der Waals surface area contributed by atoms with Gasteiger partial charge < -0.3 is 52.9 Å². The minimum absolute atomic E-state index is 0. The number of Topliss-reactive ketones (excluding diaryl/α,β-unsaturated/α-hetero) is 1. The van der Waals surface area contributed by atoms with Crippen LogP contribution in [-0.2, 0) is 57.4 Å². The van der Waals surface area contributed by atoms with Crippen molar-refractivity contribution in [3.63, 3.8) is 0 Å². The molecule has 0 aliphatic carbocycles. The summed E-state index contributed by atoms with van der Waals surface area (Å²) in [6.45, 7) is 1.93. The number of alkyl halides is 3. The fourth-order valence-electron chi connectivity index (χ4n) is 9.69. The first-order valence-corrected chi connectivity index (χ1v) is 39.3. The Balaban J connectivity index is 0.000000147. The molecule has 0 saturated carbocycles. The van der Waals surface area contributed by atoms with E-state index >= 15 is 0 Å². The molecule has 2 N–H and O–H groups in total. The molecule has 25 nitrogen and oxygen atoms in total. The minimum Gasteiger partial charge on any atom is -0.493 e. The van der Waals surface area contributed by atoms with E-state index in [9.17, 15) is 28.8 Å². The number of rotatable bonds is 5. The third-order valence-corrected chi connectivity index (χ3v) is 25.0. The van der Waals surface area contributed by atoms with Gasteiger partial charge in [-0.2, -0.15) is 0 Å². The third kappa shape index (κ3) is 19.4. The van der Waals surface area contributed by atoms with Crippen LogP contribution in [0, 0.1) is 10.1 Å².